The molecule has 0 aliphatic heterocycles. The summed E-state index contributed by atoms with van der Waals surface area (Å²) in [6, 6.07) is 13.4. The van der Waals surface area contributed by atoms with Gasteiger partial charge in [-0.3, -0.25) is 9.88 Å². The summed E-state index contributed by atoms with van der Waals surface area (Å²) in [7, 11) is -1.06. The quantitative estimate of drug-likeness (QED) is 0.821. The van der Waals surface area contributed by atoms with Crippen LogP contribution in [0, 0.1) is 0 Å². The molecule has 0 amide bonds. The average molecular weight is 318 g/mol. The monoisotopic (exact) mass is 318 g/mol. The number of rotatable bonds is 6. The van der Waals surface area contributed by atoms with Crippen LogP contribution in [0.3, 0.4) is 0 Å². The highest BCUT2D eigenvalue weighted by atomic mass is 32.2. The van der Waals surface area contributed by atoms with Crippen LogP contribution in [0.25, 0.3) is 0 Å². The van der Waals surface area contributed by atoms with Gasteiger partial charge in [-0.05, 0) is 43.8 Å². The molecule has 0 spiro atoms. The summed E-state index contributed by atoms with van der Waals surface area (Å²) in [5.41, 5.74) is 2.18. The molecule has 0 saturated heterocycles. The number of pyridine rings is 1. The van der Waals surface area contributed by atoms with Gasteiger partial charge in [-0.25, -0.2) is 8.42 Å². The number of likely N-dealkylation sites (N-methyl/N-ethyl adjacent to an activating group) is 1. The predicted octanol–water partition coefficient (Wildman–Crippen LogP) is 2.55. The molecule has 2 rings (SSSR count). The van der Waals surface area contributed by atoms with E-state index in [1.165, 1.54) is 6.26 Å². The second-order valence-electron chi connectivity index (χ2n) is 5.71. The summed E-state index contributed by atoms with van der Waals surface area (Å²) in [6.45, 7) is 2.94. The maximum atomic E-state index is 11.5. The molecule has 2 aromatic rings. The third kappa shape index (κ3) is 4.64. The Balaban J connectivity index is 1.98. The van der Waals surface area contributed by atoms with E-state index in [9.17, 15) is 8.42 Å². The molecule has 1 aromatic heterocycles. The fourth-order valence-corrected chi connectivity index (χ4v) is 2.89. The van der Waals surface area contributed by atoms with E-state index < -0.39 is 9.84 Å². The van der Waals surface area contributed by atoms with Crippen molar-refractivity contribution in [2.24, 2.45) is 0 Å². The summed E-state index contributed by atoms with van der Waals surface area (Å²) in [5, 5.41) is 0. The molecule has 0 aliphatic carbocycles. The van der Waals surface area contributed by atoms with E-state index in [1.807, 2.05) is 36.5 Å². The van der Waals surface area contributed by atoms with E-state index in [0.717, 1.165) is 24.2 Å². The standard InChI is InChI=1S/C17H22N2O2S/c1-14(12-16-6-4-5-11-18-16)19(2)13-15-7-9-17(10-8-15)22(3,20)21/h4-11,14H,12-13H2,1-3H3/t14-/m0/s1. The van der Waals surface area contributed by atoms with Crippen LogP contribution in [-0.2, 0) is 22.8 Å². The van der Waals surface area contributed by atoms with Gasteiger partial charge in [0.1, 0.15) is 0 Å². The summed E-state index contributed by atoms with van der Waals surface area (Å²) in [4.78, 5) is 6.96. The summed E-state index contributed by atoms with van der Waals surface area (Å²) < 4.78 is 22.9. The SMILES string of the molecule is C[C@@H](Cc1ccccn1)N(C)Cc1ccc(S(C)(=O)=O)cc1. The highest BCUT2D eigenvalue weighted by molar-refractivity contribution is 7.90. The van der Waals surface area contributed by atoms with Crippen molar-refractivity contribution in [2.45, 2.75) is 30.8 Å². The van der Waals surface area contributed by atoms with Gasteiger partial charge in [0.05, 0.1) is 4.90 Å². The van der Waals surface area contributed by atoms with Gasteiger partial charge in [0.25, 0.3) is 0 Å². The highest BCUT2D eigenvalue weighted by Crippen LogP contribution is 2.13. The van der Waals surface area contributed by atoms with Crippen LogP contribution < -0.4 is 0 Å². The fraction of sp³-hybridized carbons (Fsp3) is 0.353. The van der Waals surface area contributed by atoms with Crippen molar-refractivity contribution >= 4 is 9.84 Å². The van der Waals surface area contributed by atoms with Crippen LogP contribution in [0.4, 0.5) is 0 Å². The zero-order valence-electron chi connectivity index (χ0n) is 13.2. The van der Waals surface area contributed by atoms with Gasteiger partial charge in [0.2, 0.25) is 0 Å². The van der Waals surface area contributed by atoms with Crippen molar-refractivity contribution in [1.82, 2.24) is 9.88 Å². The van der Waals surface area contributed by atoms with Crippen LogP contribution in [0.1, 0.15) is 18.2 Å². The minimum Gasteiger partial charge on any atom is -0.299 e. The first kappa shape index (κ1) is 16.6. The van der Waals surface area contributed by atoms with Crippen molar-refractivity contribution in [1.29, 1.82) is 0 Å². The molecular formula is C17H22N2O2S. The second-order valence-corrected chi connectivity index (χ2v) is 7.72. The van der Waals surface area contributed by atoms with Gasteiger partial charge in [0, 0.05) is 37.2 Å². The van der Waals surface area contributed by atoms with E-state index in [2.05, 4.69) is 23.9 Å². The lowest BCUT2D eigenvalue weighted by Gasteiger charge is -2.24. The summed E-state index contributed by atoms with van der Waals surface area (Å²) >= 11 is 0. The molecule has 22 heavy (non-hydrogen) atoms. The minimum atomic E-state index is -3.13. The molecule has 1 atom stereocenters. The second kappa shape index (κ2) is 7.03. The molecule has 0 N–H and O–H groups in total. The molecule has 0 bridgehead atoms. The van der Waals surface area contributed by atoms with E-state index >= 15 is 0 Å². The molecule has 1 aromatic carbocycles. The number of sulfone groups is 1. The maximum absolute atomic E-state index is 11.5. The van der Waals surface area contributed by atoms with Crippen molar-refractivity contribution in [3.05, 3.63) is 59.9 Å². The fourth-order valence-electron chi connectivity index (χ4n) is 2.26. The van der Waals surface area contributed by atoms with Gasteiger partial charge in [-0.2, -0.15) is 0 Å². The Hall–Kier alpha value is -1.72. The average Bonchev–Trinajstić information content (AvgIpc) is 2.48. The molecule has 0 unspecified atom stereocenters. The molecule has 0 radical (unpaired) electrons. The topological polar surface area (TPSA) is 50.3 Å². The van der Waals surface area contributed by atoms with Gasteiger partial charge in [0.15, 0.2) is 9.84 Å². The highest BCUT2D eigenvalue weighted by Gasteiger charge is 2.12. The van der Waals surface area contributed by atoms with Crippen LogP contribution >= 0.6 is 0 Å². The Kier molecular flexibility index (Phi) is 5.32. The van der Waals surface area contributed by atoms with Crippen LogP contribution in [0.15, 0.2) is 53.6 Å². The number of hydrogen-bond acceptors (Lipinski definition) is 4. The largest absolute Gasteiger partial charge is 0.299 e. The predicted molar refractivity (Wildman–Crippen MR) is 88.4 cm³/mol. The first-order valence-electron chi connectivity index (χ1n) is 7.25. The number of aromatic nitrogens is 1. The minimum absolute atomic E-state index is 0.351. The van der Waals surface area contributed by atoms with E-state index in [0.29, 0.717) is 10.9 Å². The smallest absolute Gasteiger partial charge is 0.175 e. The third-order valence-corrected chi connectivity index (χ3v) is 4.90. The van der Waals surface area contributed by atoms with Gasteiger partial charge < -0.3 is 0 Å². The third-order valence-electron chi connectivity index (χ3n) is 3.77. The van der Waals surface area contributed by atoms with Crippen molar-refractivity contribution in [3.63, 3.8) is 0 Å². The van der Waals surface area contributed by atoms with Crippen molar-refractivity contribution in [2.75, 3.05) is 13.3 Å². The Labute approximate surface area is 132 Å². The maximum Gasteiger partial charge on any atom is 0.175 e. The van der Waals surface area contributed by atoms with E-state index in [4.69, 9.17) is 0 Å². The van der Waals surface area contributed by atoms with Crippen LogP contribution in [-0.4, -0.2) is 37.6 Å². The molecule has 0 saturated carbocycles. The van der Waals surface area contributed by atoms with Crippen LogP contribution in [0.2, 0.25) is 0 Å². The zero-order chi connectivity index (χ0) is 16.2. The number of nitrogens with zero attached hydrogens (tertiary/aromatic N) is 2. The lowest BCUT2D eigenvalue weighted by Crippen LogP contribution is -2.30. The van der Waals surface area contributed by atoms with Crippen molar-refractivity contribution in [3.8, 4) is 0 Å². The first-order valence-corrected chi connectivity index (χ1v) is 9.14. The lowest BCUT2D eigenvalue weighted by molar-refractivity contribution is 0.247. The molecule has 4 nitrogen and oxygen atoms in total. The molecule has 5 heteroatoms. The molecular weight excluding hydrogens is 296 g/mol. The first-order chi connectivity index (χ1) is 10.4. The normalized spacial score (nSPS) is 13.3. The molecule has 0 fully saturated rings. The summed E-state index contributed by atoms with van der Waals surface area (Å²) in [6.07, 6.45) is 3.92. The lowest BCUT2D eigenvalue weighted by atomic mass is 10.1. The Morgan fingerprint density at radius 1 is 1.14 bits per heavy atom. The summed E-state index contributed by atoms with van der Waals surface area (Å²) in [5.74, 6) is 0. The van der Waals surface area contributed by atoms with Gasteiger partial charge in [-0.15, -0.1) is 0 Å². The van der Waals surface area contributed by atoms with Gasteiger partial charge in [-0.1, -0.05) is 18.2 Å². The van der Waals surface area contributed by atoms with Crippen molar-refractivity contribution < 1.29 is 8.42 Å². The Bertz CT molecular complexity index is 697. The van der Waals surface area contributed by atoms with E-state index in [1.54, 1.807) is 12.1 Å². The van der Waals surface area contributed by atoms with Crippen LogP contribution in [0.5, 0.6) is 0 Å². The number of hydrogen-bond donors (Lipinski definition) is 0. The molecule has 118 valence electrons. The Morgan fingerprint density at radius 2 is 1.82 bits per heavy atom. The number of benzene rings is 1. The Morgan fingerprint density at radius 3 is 2.36 bits per heavy atom. The van der Waals surface area contributed by atoms with Gasteiger partial charge >= 0.3 is 0 Å². The molecule has 0 aliphatic rings. The van der Waals surface area contributed by atoms with E-state index in [-0.39, 0.29) is 0 Å². The zero-order valence-corrected chi connectivity index (χ0v) is 14.0. The molecule has 1 heterocycles.